The number of nitrogens with one attached hydrogen (secondary N) is 3. The molecule has 0 aliphatic carbocycles. The number of nitrogens with zero attached hydrogens (tertiary/aromatic N) is 1. The summed E-state index contributed by atoms with van der Waals surface area (Å²) >= 11 is 0. The maximum Gasteiger partial charge on any atom is 0.322 e. The Balaban J connectivity index is 0.00000288. The van der Waals surface area contributed by atoms with Gasteiger partial charge in [-0.2, -0.15) is 0 Å². The van der Waals surface area contributed by atoms with Crippen molar-refractivity contribution in [3.05, 3.63) is 23.8 Å². The summed E-state index contributed by atoms with van der Waals surface area (Å²) in [5.74, 6) is 0.412. The maximum absolute atomic E-state index is 12.2. The highest BCUT2D eigenvalue weighted by molar-refractivity contribution is 5.99. The number of benzene rings is 1. The molecule has 0 bridgehead atoms. The van der Waals surface area contributed by atoms with Crippen LogP contribution in [0.4, 0.5) is 10.5 Å². The molecule has 1 aliphatic heterocycles. The van der Waals surface area contributed by atoms with Crippen molar-refractivity contribution in [2.45, 2.75) is 13.3 Å². The predicted octanol–water partition coefficient (Wildman–Crippen LogP) is 1.38. The van der Waals surface area contributed by atoms with Gasteiger partial charge in [0, 0.05) is 31.7 Å². The molecule has 1 aromatic rings. The van der Waals surface area contributed by atoms with Gasteiger partial charge in [-0.05, 0) is 31.2 Å². The molecule has 1 aliphatic rings. The second-order valence-corrected chi connectivity index (χ2v) is 5.28. The zero-order valence-electron chi connectivity index (χ0n) is 14.1. The molecule has 7 nitrogen and oxygen atoms in total. The highest BCUT2D eigenvalue weighted by Crippen LogP contribution is 2.30. The molecule has 1 aromatic carbocycles. The lowest BCUT2D eigenvalue weighted by molar-refractivity contribution is 0.0954. The van der Waals surface area contributed by atoms with Gasteiger partial charge in [-0.15, -0.1) is 12.4 Å². The summed E-state index contributed by atoms with van der Waals surface area (Å²) < 4.78 is 5.30. The fraction of sp³-hybridized carbons (Fsp3) is 0.500. The fourth-order valence-corrected chi connectivity index (χ4v) is 2.41. The van der Waals surface area contributed by atoms with Crippen molar-refractivity contribution in [2.24, 2.45) is 0 Å². The molecule has 0 saturated carbocycles. The molecule has 2 rings (SSSR count). The Bertz CT molecular complexity index is 568. The first kappa shape index (κ1) is 20.1. The van der Waals surface area contributed by atoms with E-state index in [1.54, 1.807) is 30.2 Å². The van der Waals surface area contributed by atoms with E-state index in [2.05, 4.69) is 22.9 Å². The van der Waals surface area contributed by atoms with Crippen molar-refractivity contribution in [1.82, 2.24) is 16.0 Å². The quantitative estimate of drug-likeness (QED) is 0.614. The molecule has 24 heavy (non-hydrogen) atoms. The topological polar surface area (TPSA) is 82.7 Å². The van der Waals surface area contributed by atoms with E-state index < -0.39 is 0 Å². The number of rotatable bonds is 8. The molecule has 3 N–H and O–H groups in total. The minimum absolute atomic E-state index is 0. The summed E-state index contributed by atoms with van der Waals surface area (Å²) in [4.78, 5) is 25.7. The number of ether oxygens (including phenoxy) is 1. The zero-order chi connectivity index (χ0) is 16.7. The van der Waals surface area contributed by atoms with Crippen LogP contribution < -0.4 is 25.6 Å². The van der Waals surface area contributed by atoms with Crippen molar-refractivity contribution in [3.8, 4) is 5.75 Å². The minimum Gasteiger partial charge on any atom is -0.495 e. The van der Waals surface area contributed by atoms with Crippen molar-refractivity contribution in [2.75, 3.05) is 44.7 Å². The summed E-state index contributed by atoms with van der Waals surface area (Å²) in [6, 6.07) is 4.93. The minimum atomic E-state index is -0.176. The van der Waals surface area contributed by atoms with E-state index in [4.69, 9.17) is 4.74 Å². The predicted molar refractivity (Wildman–Crippen MR) is 96.5 cm³/mol. The third kappa shape index (κ3) is 5.01. The number of halogens is 1. The molecule has 1 fully saturated rings. The van der Waals surface area contributed by atoms with Crippen molar-refractivity contribution in [1.29, 1.82) is 0 Å². The third-order valence-corrected chi connectivity index (χ3v) is 3.60. The van der Waals surface area contributed by atoms with Gasteiger partial charge in [-0.25, -0.2) is 4.79 Å². The van der Waals surface area contributed by atoms with Gasteiger partial charge < -0.3 is 20.7 Å². The number of amides is 3. The molecule has 1 heterocycles. The molecule has 1 saturated heterocycles. The maximum atomic E-state index is 12.2. The van der Waals surface area contributed by atoms with Crippen LogP contribution in [0.15, 0.2) is 18.2 Å². The largest absolute Gasteiger partial charge is 0.495 e. The molecule has 8 heteroatoms. The van der Waals surface area contributed by atoms with E-state index in [0.717, 1.165) is 19.5 Å². The van der Waals surface area contributed by atoms with Gasteiger partial charge in [0.05, 0.1) is 12.8 Å². The van der Waals surface area contributed by atoms with E-state index in [1.165, 1.54) is 0 Å². The first-order valence-corrected chi connectivity index (χ1v) is 7.89. The van der Waals surface area contributed by atoms with Crippen LogP contribution in [0.5, 0.6) is 5.75 Å². The number of urea groups is 1. The summed E-state index contributed by atoms with van der Waals surface area (Å²) in [6.07, 6.45) is 1.06. The van der Waals surface area contributed by atoms with Gasteiger partial charge >= 0.3 is 6.03 Å². The van der Waals surface area contributed by atoms with Crippen LogP contribution in [0, 0.1) is 0 Å². The van der Waals surface area contributed by atoms with Gasteiger partial charge in [0.15, 0.2) is 0 Å². The van der Waals surface area contributed by atoms with Gasteiger partial charge in [0.2, 0.25) is 0 Å². The second kappa shape index (κ2) is 10.00. The molecular formula is C16H25ClN4O3. The Kier molecular flexibility index (Phi) is 8.35. The Morgan fingerprint density at radius 3 is 2.75 bits per heavy atom. The van der Waals surface area contributed by atoms with E-state index in [0.29, 0.717) is 36.6 Å². The lowest BCUT2D eigenvalue weighted by Gasteiger charge is -2.18. The monoisotopic (exact) mass is 356 g/mol. The van der Waals surface area contributed by atoms with Crippen LogP contribution in [0.2, 0.25) is 0 Å². The SMILES string of the molecule is CCCNCCNC(=O)c1ccc(OC)c(N2CCNC2=O)c1.Cl. The average molecular weight is 357 g/mol. The molecule has 3 amide bonds. The number of carbonyl (C=O) groups is 2. The number of anilines is 1. The summed E-state index contributed by atoms with van der Waals surface area (Å²) in [6.45, 7) is 5.47. The molecular weight excluding hydrogens is 332 g/mol. The third-order valence-electron chi connectivity index (χ3n) is 3.60. The van der Waals surface area contributed by atoms with Gasteiger partial charge in [0.25, 0.3) is 5.91 Å². The van der Waals surface area contributed by atoms with Crippen LogP contribution in [0.25, 0.3) is 0 Å². The number of carbonyl (C=O) groups excluding carboxylic acids is 2. The molecule has 134 valence electrons. The molecule has 0 radical (unpaired) electrons. The summed E-state index contributed by atoms with van der Waals surface area (Å²) in [5.41, 5.74) is 1.12. The van der Waals surface area contributed by atoms with Crippen molar-refractivity contribution >= 4 is 30.0 Å². The first-order chi connectivity index (χ1) is 11.2. The van der Waals surface area contributed by atoms with Crippen LogP contribution in [-0.2, 0) is 0 Å². The highest BCUT2D eigenvalue weighted by atomic mass is 35.5. The number of methoxy groups -OCH3 is 1. The normalized spacial score (nSPS) is 13.2. The van der Waals surface area contributed by atoms with Crippen molar-refractivity contribution in [3.63, 3.8) is 0 Å². The van der Waals surface area contributed by atoms with E-state index in [9.17, 15) is 9.59 Å². The average Bonchev–Trinajstić information content (AvgIpc) is 2.99. The number of hydrogen-bond acceptors (Lipinski definition) is 4. The summed E-state index contributed by atoms with van der Waals surface area (Å²) in [5, 5.41) is 8.83. The lowest BCUT2D eigenvalue weighted by Crippen LogP contribution is -2.32. The standard InChI is InChI=1S/C16H24N4O3.ClH/c1-3-6-17-7-8-18-15(21)12-4-5-14(23-2)13(11-12)20-10-9-19-16(20)22;/h4-5,11,17H,3,6-10H2,1-2H3,(H,18,21)(H,19,22);1H. The molecule has 0 atom stereocenters. The fourth-order valence-electron chi connectivity index (χ4n) is 2.41. The first-order valence-electron chi connectivity index (χ1n) is 7.89. The smallest absolute Gasteiger partial charge is 0.322 e. The van der Waals surface area contributed by atoms with Gasteiger partial charge in [-0.3, -0.25) is 9.69 Å². The van der Waals surface area contributed by atoms with E-state index in [-0.39, 0.29) is 24.3 Å². The summed E-state index contributed by atoms with van der Waals surface area (Å²) in [7, 11) is 1.55. The van der Waals surface area contributed by atoms with Crippen molar-refractivity contribution < 1.29 is 14.3 Å². The van der Waals surface area contributed by atoms with Gasteiger partial charge in [-0.1, -0.05) is 6.92 Å². The molecule has 0 spiro atoms. The lowest BCUT2D eigenvalue weighted by atomic mass is 10.1. The van der Waals surface area contributed by atoms with Crippen LogP contribution in [-0.4, -0.2) is 51.8 Å². The molecule has 0 aromatic heterocycles. The second-order valence-electron chi connectivity index (χ2n) is 5.28. The van der Waals surface area contributed by atoms with Gasteiger partial charge in [0.1, 0.15) is 5.75 Å². The Morgan fingerprint density at radius 1 is 1.33 bits per heavy atom. The molecule has 0 unspecified atom stereocenters. The highest BCUT2D eigenvalue weighted by Gasteiger charge is 2.25. The van der Waals surface area contributed by atoms with Crippen LogP contribution >= 0.6 is 12.4 Å². The van der Waals surface area contributed by atoms with Crippen LogP contribution in [0.3, 0.4) is 0 Å². The van der Waals surface area contributed by atoms with E-state index >= 15 is 0 Å². The van der Waals surface area contributed by atoms with E-state index in [1.807, 2.05) is 0 Å². The Morgan fingerprint density at radius 2 is 2.12 bits per heavy atom. The Hall–Kier alpha value is -1.99. The number of hydrogen-bond donors (Lipinski definition) is 3. The van der Waals surface area contributed by atoms with Crippen LogP contribution in [0.1, 0.15) is 23.7 Å². The Labute approximate surface area is 148 Å². The zero-order valence-corrected chi connectivity index (χ0v) is 14.9.